The van der Waals surface area contributed by atoms with Crippen molar-refractivity contribution in [2.75, 3.05) is 7.11 Å². The minimum Gasteiger partial charge on any atom is -0.496 e. The second-order valence-corrected chi connectivity index (χ2v) is 7.88. The molecule has 0 aliphatic rings. The van der Waals surface area contributed by atoms with Gasteiger partial charge in [-0.05, 0) is 29.3 Å². The van der Waals surface area contributed by atoms with Crippen LogP contribution >= 0.6 is 0 Å². The van der Waals surface area contributed by atoms with Crippen LogP contribution in [0.25, 0.3) is 0 Å². The highest BCUT2D eigenvalue weighted by Crippen LogP contribution is 2.22. The van der Waals surface area contributed by atoms with E-state index in [2.05, 4.69) is 28.4 Å². The molecule has 1 aromatic heterocycles. The zero-order valence-corrected chi connectivity index (χ0v) is 18.7. The van der Waals surface area contributed by atoms with Crippen molar-refractivity contribution in [3.05, 3.63) is 125 Å². The van der Waals surface area contributed by atoms with Gasteiger partial charge in [0.15, 0.2) is 5.76 Å². The van der Waals surface area contributed by atoms with Crippen LogP contribution in [-0.4, -0.2) is 17.9 Å². The zero-order chi connectivity index (χ0) is 22.9. The lowest BCUT2D eigenvalue weighted by atomic mass is 10.1. The third kappa shape index (κ3) is 6.34. The summed E-state index contributed by atoms with van der Waals surface area (Å²) in [4.78, 5) is 14.8. The van der Waals surface area contributed by atoms with E-state index in [1.54, 1.807) is 13.2 Å². The molecule has 168 valence electrons. The molecule has 3 aromatic carbocycles. The number of methoxy groups -OCH3 is 1. The molecule has 1 heterocycles. The van der Waals surface area contributed by atoms with Gasteiger partial charge in [-0.2, -0.15) is 0 Å². The number of amides is 1. The Kier molecular flexibility index (Phi) is 7.56. The number of para-hydroxylation sites is 1. The molecule has 0 radical (unpaired) electrons. The van der Waals surface area contributed by atoms with Crippen LogP contribution in [0.2, 0.25) is 0 Å². The molecule has 0 fully saturated rings. The summed E-state index contributed by atoms with van der Waals surface area (Å²) < 4.78 is 11.5. The maximum absolute atomic E-state index is 12.5. The molecule has 4 rings (SSSR count). The number of nitrogens with one attached hydrogen (secondary N) is 1. The zero-order valence-electron chi connectivity index (χ0n) is 18.7. The summed E-state index contributed by atoms with van der Waals surface area (Å²) in [5.41, 5.74) is 3.35. The van der Waals surface area contributed by atoms with Crippen molar-refractivity contribution in [3.63, 3.8) is 0 Å². The first-order chi connectivity index (χ1) is 16.2. The highest BCUT2D eigenvalue weighted by Gasteiger charge is 2.16. The Morgan fingerprint density at radius 3 is 2.18 bits per heavy atom. The van der Waals surface area contributed by atoms with Gasteiger partial charge in [0, 0.05) is 25.2 Å². The van der Waals surface area contributed by atoms with Crippen molar-refractivity contribution in [3.8, 4) is 5.75 Å². The Morgan fingerprint density at radius 2 is 1.45 bits per heavy atom. The smallest absolute Gasteiger partial charge is 0.287 e. The van der Waals surface area contributed by atoms with Crippen LogP contribution < -0.4 is 10.1 Å². The van der Waals surface area contributed by atoms with Crippen molar-refractivity contribution in [1.82, 2.24) is 10.2 Å². The lowest BCUT2D eigenvalue weighted by Crippen LogP contribution is -2.23. The van der Waals surface area contributed by atoms with E-state index in [9.17, 15) is 4.79 Å². The predicted octanol–water partition coefficient (Wildman–Crippen LogP) is 5.42. The molecule has 0 bridgehead atoms. The van der Waals surface area contributed by atoms with Crippen molar-refractivity contribution in [2.24, 2.45) is 0 Å². The van der Waals surface area contributed by atoms with E-state index in [4.69, 9.17) is 9.15 Å². The van der Waals surface area contributed by atoms with E-state index in [0.717, 1.165) is 29.2 Å². The lowest BCUT2D eigenvalue weighted by molar-refractivity contribution is 0.0918. The largest absolute Gasteiger partial charge is 0.496 e. The molecule has 0 unspecified atom stereocenters. The summed E-state index contributed by atoms with van der Waals surface area (Å²) in [6, 6.07) is 31.8. The van der Waals surface area contributed by atoms with E-state index in [0.29, 0.717) is 25.4 Å². The minimum atomic E-state index is -0.218. The first-order valence-electron chi connectivity index (χ1n) is 11.0. The highest BCUT2D eigenvalue weighted by molar-refractivity contribution is 5.91. The van der Waals surface area contributed by atoms with Crippen LogP contribution in [0, 0.1) is 0 Å². The van der Waals surface area contributed by atoms with Gasteiger partial charge in [0.25, 0.3) is 5.91 Å². The molecule has 33 heavy (non-hydrogen) atoms. The molecule has 4 aromatic rings. The molecule has 0 saturated heterocycles. The molecular formula is C28H28N2O3. The second-order valence-electron chi connectivity index (χ2n) is 7.88. The summed E-state index contributed by atoms with van der Waals surface area (Å²) in [5.74, 6) is 1.70. The molecule has 5 heteroatoms. The number of benzene rings is 3. The first-order valence-corrected chi connectivity index (χ1v) is 11.0. The van der Waals surface area contributed by atoms with Gasteiger partial charge in [-0.3, -0.25) is 9.69 Å². The third-order valence-corrected chi connectivity index (χ3v) is 5.40. The first kappa shape index (κ1) is 22.4. The van der Waals surface area contributed by atoms with E-state index in [1.165, 1.54) is 5.56 Å². The van der Waals surface area contributed by atoms with Gasteiger partial charge in [0.2, 0.25) is 0 Å². The van der Waals surface area contributed by atoms with Crippen molar-refractivity contribution >= 4 is 5.91 Å². The highest BCUT2D eigenvalue weighted by atomic mass is 16.5. The fourth-order valence-electron chi connectivity index (χ4n) is 3.75. The molecule has 0 saturated carbocycles. The van der Waals surface area contributed by atoms with Gasteiger partial charge in [0.05, 0.1) is 13.7 Å². The summed E-state index contributed by atoms with van der Waals surface area (Å²) in [6.45, 7) is 2.47. The average molecular weight is 441 g/mol. The standard InChI is InChI=1S/C28H28N2O3/c1-32-26-15-9-8-14-24(26)20-30(19-23-12-6-3-7-13-23)21-25-16-17-27(33-25)28(31)29-18-22-10-4-2-5-11-22/h2-17H,18-21H2,1H3,(H,29,31). The number of hydrogen-bond donors (Lipinski definition) is 1. The Balaban J connectivity index is 1.45. The van der Waals surface area contributed by atoms with E-state index < -0.39 is 0 Å². The van der Waals surface area contributed by atoms with Gasteiger partial charge in [-0.15, -0.1) is 0 Å². The molecule has 0 aliphatic carbocycles. The van der Waals surface area contributed by atoms with Crippen molar-refractivity contribution < 1.29 is 13.9 Å². The predicted molar refractivity (Wildman–Crippen MR) is 129 cm³/mol. The number of hydrogen-bond acceptors (Lipinski definition) is 4. The molecule has 0 atom stereocenters. The maximum atomic E-state index is 12.5. The molecule has 1 N–H and O–H groups in total. The number of furan rings is 1. The van der Waals surface area contributed by atoms with Crippen LogP contribution in [0.3, 0.4) is 0 Å². The molecule has 0 spiro atoms. The third-order valence-electron chi connectivity index (χ3n) is 5.40. The van der Waals surface area contributed by atoms with Gasteiger partial charge in [0.1, 0.15) is 11.5 Å². The Hall–Kier alpha value is -3.83. The number of carbonyl (C=O) groups excluding carboxylic acids is 1. The monoisotopic (exact) mass is 440 g/mol. The van der Waals surface area contributed by atoms with Crippen LogP contribution in [0.1, 0.15) is 33.0 Å². The lowest BCUT2D eigenvalue weighted by Gasteiger charge is -2.22. The Morgan fingerprint density at radius 1 is 0.788 bits per heavy atom. The number of nitrogens with zero attached hydrogens (tertiary/aromatic N) is 1. The second kappa shape index (κ2) is 11.2. The minimum absolute atomic E-state index is 0.218. The quantitative estimate of drug-likeness (QED) is 0.358. The van der Waals surface area contributed by atoms with Crippen LogP contribution in [0.15, 0.2) is 101 Å². The van der Waals surface area contributed by atoms with Gasteiger partial charge < -0.3 is 14.5 Å². The van der Waals surface area contributed by atoms with E-state index in [-0.39, 0.29) is 5.91 Å². The molecule has 5 nitrogen and oxygen atoms in total. The number of ether oxygens (including phenoxy) is 1. The Bertz CT molecular complexity index is 1160. The van der Waals surface area contributed by atoms with E-state index >= 15 is 0 Å². The fraction of sp³-hybridized carbons (Fsp3) is 0.179. The van der Waals surface area contributed by atoms with Crippen LogP contribution in [0.4, 0.5) is 0 Å². The average Bonchev–Trinajstić information content (AvgIpc) is 3.33. The molecular weight excluding hydrogens is 412 g/mol. The van der Waals surface area contributed by atoms with E-state index in [1.807, 2.05) is 72.8 Å². The topological polar surface area (TPSA) is 54.7 Å². The van der Waals surface area contributed by atoms with Crippen molar-refractivity contribution in [1.29, 1.82) is 0 Å². The van der Waals surface area contributed by atoms with Gasteiger partial charge in [-0.25, -0.2) is 0 Å². The summed E-state index contributed by atoms with van der Waals surface area (Å²) in [6.07, 6.45) is 0. The summed E-state index contributed by atoms with van der Waals surface area (Å²) in [5, 5.41) is 2.91. The number of carbonyl (C=O) groups is 1. The summed E-state index contributed by atoms with van der Waals surface area (Å²) in [7, 11) is 1.69. The molecule has 0 aliphatic heterocycles. The maximum Gasteiger partial charge on any atom is 0.287 e. The van der Waals surface area contributed by atoms with Gasteiger partial charge >= 0.3 is 0 Å². The normalized spacial score (nSPS) is 10.8. The fourth-order valence-corrected chi connectivity index (χ4v) is 3.75. The summed E-state index contributed by atoms with van der Waals surface area (Å²) >= 11 is 0. The van der Waals surface area contributed by atoms with Gasteiger partial charge in [-0.1, -0.05) is 78.9 Å². The Labute approximate surface area is 194 Å². The van der Waals surface area contributed by atoms with Crippen molar-refractivity contribution in [2.45, 2.75) is 26.2 Å². The SMILES string of the molecule is COc1ccccc1CN(Cc1ccccc1)Cc1ccc(C(=O)NCc2ccccc2)o1. The van der Waals surface area contributed by atoms with Crippen LogP contribution in [0.5, 0.6) is 5.75 Å². The number of rotatable bonds is 10. The van der Waals surface area contributed by atoms with Crippen LogP contribution in [-0.2, 0) is 26.2 Å². The molecule has 1 amide bonds.